The third-order valence-electron chi connectivity index (χ3n) is 5.39. The lowest BCUT2D eigenvalue weighted by Crippen LogP contribution is -2.52. The van der Waals surface area contributed by atoms with Crippen LogP contribution in [0.15, 0.2) is 17.5 Å². The number of thiophene rings is 1. The van der Waals surface area contributed by atoms with Crippen LogP contribution < -0.4 is 0 Å². The molecule has 5 nitrogen and oxygen atoms in total. The molecule has 6 heteroatoms. The van der Waals surface area contributed by atoms with Crippen molar-refractivity contribution in [3.05, 3.63) is 22.4 Å². The van der Waals surface area contributed by atoms with Gasteiger partial charge in [0.1, 0.15) is 5.54 Å². The second kappa shape index (κ2) is 6.07. The van der Waals surface area contributed by atoms with E-state index in [1.165, 1.54) is 17.8 Å². The van der Waals surface area contributed by atoms with E-state index in [2.05, 4.69) is 0 Å². The van der Waals surface area contributed by atoms with Crippen molar-refractivity contribution in [2.75, 3.05) is 13.6 Å². The molecule has 0 radical (unpaired) electrons. The average Bonchev–Trinajstić information content (AvgIpc) is 3.16. The quantitative estimate of drug-likeness (QED) is 0.628. The van der Waals surface area contributed by atoms with E-state index in [-0.39, 0.29) is 30.2 Å². The van der Waals surface area contributed by atoms with Gasteiger partial charge in [-0.05, 0) is 37.1 Å². The maximum Gasteiger partial charge on any atom is 0.327 e. The number of carbonyl (C=O) groups is 3. The van der Waals surface area contributed by atoms with Crippen LogP contribution in [-0.4, -0.2) is 46.7 Å². The van der Waals surface area contributed by atoms with E-state index in [1.54, 1.807) is 24.1 Å². The predicted octanol–water partition coefficient (Wildman–Crippen LogP) is 3.16. The molecule has 1 saturated carbocycles. The molecule has 1 aromatic heterocycles. The first-order valence-corrected chi connectivity index (χ1v) is 9.00. The van der Waals surface area contributed by atoms with Crippen LogP contribution >= 0.6 is 11.3 Å². The number of urea groups is 1. The number of carbonyl (C=O) groups excluding carboxylic acids is 3. The SMILES string of the molecule is CN1C(=O)N(CC(=O)c2cccs2)C(=O)[C@@]1(C)C1CCCCC1. The van der Waals surface area contributed by atoms with Gasteiger partial charge in [-0.1, -0.05) is 25.3 Å². The normalized spacial score (nSPS) is 26.2. The minimum atomic E-state index is -0.812. The van der Waals surface area contributed by atoms with Crippen molar-refractivity contribution in [3.63, 3.8) is 0 Å². The first kappa shape index (κ1) is 16.2. The van der Waals surface area contributed by atoms with Gasteiger partial charge < -0.3 is 4.90 Å². The van der Waals surface area contributed by atoms with E-state index < -0.39 is 5.54 Å². The molecule has 2 aliphatic rings. The molecule has 0 N–H and O–H groups in total. The maximum atomic E-state index is 13.0. The molecule has 2 heterocycles. The van der Waals surface area contributed by atoms with Crippen LogP contribution in [0.5, 0.6) is 0 Å². The summed E-state index contributed by atoms with van der Waals surface area (Å²) in [4.78, 5) is 41.1. The van der Waals surface area contributed by atoms with E-state index in [1.807, 2.05) is 12.3 Å². The van der Waals surface area contributed by atoms with Crippen LogP contribution in [0.25, 0.3) is 0 Å². The van der Waals surface area contributed by atoms with Gasteiger partial charge in [0.2, 0.25) is 0 Å². The van der Waals surface area contributed by atoms with E-state index >= 15 is 0 Å². The lowest BCUT2D eigenvalue weighted by atomic mass is 9.75. The summed E-state index contributed by atoms with van der Waals surface area (Å²) in [6.45, 7) is 1.70. The molecule has 0 unspecified atom stereocenters. The number of likely N-dealkylation sites (N-methyl/N-ethyl adjacent to an activating group) is 1. The third-order valence-corrected chi connectivity index (χ3v) is 6.30. The van der Waals surface area contributed by atoms with E-state index in [4.69, 9.17) is 0 Å². The first-order valence-electron chi connectivity index (χ1n) is 8.12. The molecule has 0 bridgehead atoms. The van der Waals surface area contributed by atoms with Crippen molar-refractivity contribution < 1.29 is 14.4 Å². The number of nitrogens with zero attached hydrogens (tertiary/aromatic N) is 2. The predicted molar refractivity (Wildman–Crippen MR) is 88.5 cm³/mol. The fraction of sp³-hybridized carbons (Fsp3) is 0.588. The second-order valence-corrected chi connectivity index (χ2v) is 7.56. The highest BCUT2D eigenvalue weighted by Crippen LogP contribution is 2.40. The zero-order valence-corrected chi connectivity index (χ0v) is 14.4. The number of Topliss-reactive ketones (excluding diaryl/α,β-unsaturated/α-hetero) is 1. The Kier molecular flexibility index (Phi) is 4.27. The van der Waals surface area contributed by atoms with Crippen molar-refractivity contribution in [3.8, 4) is 0 Å². The number of ketones is 1. The molecule has 3 rings (SSSR count). The third kappa shape index (κ3) is 2.59. The Bertz CT molecular complexity index is 622. The Hall–Kier alpha value is -1.69. The summed E-state index contributed by atoms with van der Waals surface area (Å²) < 4.78 is 0. The van der Waals surface area contributed by atoms with Crippen LogP contribution in [0.4, 0.5) is 4.79 Å². The molecule has 1 aliphatic heterocycles. The van der Waals surface area contributed by atoms with Gasteiger partial charge in [0.05, 0.1) is 11.4 Å². The summed E-state index contributed by atoms with van der Waals surface area (Å²) >= 11 is 1.33. The molecule has 1 atom stereocenters. The van der Waals surface area contributed by atoms with Crippen LogP contribution in [0.1, 0.15) is 48.7 Å². The van der Waals surface area contributed by atoms with Crippen LogP contribution in [0.3, 0.4) is 0 Å². The largest absolute Gasteiger partial charge is 0.327 e. The van der Waals surface area contributed by atoms with Gasteiger partial charge >= 0.3 is 6.03 Å². The number of hydrogen-bond donors (Lipinski definition) is 0. The number of hydrogen-bond acceptors (Lipinski definition) is 4. The lowest BCUT2D eigenvalue weighted by molar-refractivity contribution is -0.135. The Labute approximate surface area is 140 Å². The van der Waals surface area contributed by atoms with Crippen molar-refractivity contribution >= 4 is 29.1 Å². The van der Waals surface area contributed by atoms with Gasteiger partial charge in [-0.15, -0.1) is 11.3 Å². The Morgan fingerprint density at radius 3 is 2.61 bits per heavy atom. The van der Waals surface area contributed by atoms with Gasteiger partial charge in [-0.25, -0.2) is 4.79 Å². The smallest absolute Gasteiger partial charge is 0.313 e. The maximum absolute atomic E-state index is 13.0. The molecule has 1 saturated heterocycles. The van der Waals surface area contributed by atoms with Crippen LogP contribution in [0.2, 0.25) is 0 Å². The van der Waals surface area contributed by atoms with E-state index in [0.29, 0.717) is 4.88 Å². The van der Waals surface area contributed by atoms with Crippen molar-refractivity contribution in [2.24, 2.45) is 5.92 Å². The topological polar surface area (TPSA) is 57.7 Å². The highest BCUT2D eigenvalue weighted by Gasteiger charge is 2.56. The van der Waals surface area contributed by atoms with Gasteiger partial charge in [0, 0.05) is 7.05 Å². The number of rotatable bonds is 4. The van der Waals surface area contributed by atoms with Gasteiger partial charge in [-0.3, -0.25) is 14.5 Å². The minimum Gasteiger partial charge on any atom is -0.313 e. The summed E-state index contributed by atoms with van der Waals surface area (Å²) in [6, 6.07) is 3.17. The zero-order chi connectivity index (χ0) is 16.6. The molecule has 3 amide bonds. The molecular formula is C17H22N2O3S. The van der Waals surface area contributed by atoms with Crippen molar-refractivity contribution in [2.45, 2.75) is 44.6 Å². The summed E-state index contributed by atoms with van der Waals surface area (Å²) in [7, 11) is 1.68. The number of imide groups is 1. The van der Waals surface area contributed by atoms with Gasteiger partial charge in [0.15, 0.2) is 5.78 Å². The first-order chi connectivity index (χ1) is 11.0. The summed E-state index contributed by atoms with van der Waals surface area (Å²) in [5.74, 6) is -0.218. The second-order valence-electron chi connectivity index (χ2n) is 6.62. The molecule has 0 spiro atoms. The van der Waals surface area contributed by atoms with Gasteiger partial charge in [0.25, 0.3) is 5.91 Å². The minimum absolute atomic E-state index is 0.162. The highest BCUT2D eigenvalue weighted by molar-refractivity contribution is 7.12. The summed E-state index contributed by atoms with van der Waals surface area (Å²) in [5.41, 5.74) is -0.812. The van der Waals surface area contributed by atoms with E-state index in [9.17, 15) is 14.4 Å². The standard InChI is InChI=1S/C17H22N2O3S/c1-17(12-7-4-3-5-8-12)15(21)19(16(22)18(17)2)11-13(20)14-9-6-10-23-14/h6,9-10,12H,3-5,7-8,11H2,1-2H3/t17-/m1/s1. The molecule has 1 aliphatic carbocycles. The molecule has 124 valence electrons. The van der Waals surface area contributed by atoms with Crippen molar-refractivity contribution in [1.82, 2.24) is 9.80 Å². The molecule has 23 heavy (non-hydrogen) atoms. The van der Waals surface area contributed by atoms with Crippen LogP contribution in [-0.2, 0) is 4.79 Å². The Morgan fingerprint density at radius 1 is 1.30 bits per heavy atom. The Morgan fingerprint density at radius 2 is 2.00 bits per heavy atom. The van der Waals surface area contributed by atoms with Gasteiger partial charge in [-0.2, -0.15) is 0 Å². The number of amides is 3. The fourth-order valence-electron chi connectivity index (χ4n) is 3.79. The zero-order valence-electron chi connectivity index (χ0n) is 13.6. The van der Waals surface area contributed by atoms with E-state index in [0.717, 1.165) is 30.6 Å². The molecule has 0 aromatic carbocycles. The fourth-order valence-corrected chi connectivity index (χ4v) is 4.45. The highest BCUT2D eigenvalue weighted by atomic mass is 32.1. The molecule has 1 aromatic rings. The average molecular weight is 334 g/mol. The Balaban J connectivity index is 1.81. The van der Waals surface area contributed by atoms with Crippen LogP contribution in [0, 0.1) is 5.92 Å². The molecule has 2 fully saturated rings. The van der Waals surface area contributed by atoms with Crippen molar-refractivity contribution in [1.29, 1.82) is 0 Å². The monoisotopic (exact) mass is 334 g/mol. The molecular weight excluding hydrogens is 312 g/mol. The summed E-state index contributed by atoms with van der Waals surface area (Å²) in [6.07, 6.45) is 5.32. The summed E-state index contributed by atoms with van der Waals surface area (Å²) in [5, 5.41) is 1.82. The lowest BCUT2D eigenvalue weighted by Gasteiger charge is -2.38.